The van der Waals surface area contributed by atoms with Crippen molar-refractivity contribution in [3.8, 4) is 11.5 Å². The van der Waals surface area contributed by atoms with E-state index in [4.69, 9.17) is 9.47 Å². The standard InChI is InChI=1S/C23H27N3O3/c1-4-5-20-22(24-23(27)17-9-13-19(29-3)14-10-17)21(26-25-20)15-8-16-6-11-18(28-2)12-7-16/h6-7,9-14H,4-5,8,15H2,1-3H3,(H,24,27)(H,25,26). The molecule has 1 amide bonds. The van der Waals surface area contributed by atoms with Crippen LogP contribution in [0.4, 0.5) is 5.69 Å². The number of amides is 1. The van der Waals surface area contributed by atoms with E-state index in [2.05, 4.69) is 22.4 Å². The lowest BCUT2D eigenvalue weighted by Gasteiger charge is -2.09. The Morgan fingerprint density at radius 3 is 2.14 bits per heavy atom. The van der Waals surface area contributed by atoms with Gasteiger partial charge in [0.1, 0.15) is 11.5 Å². The van der Waals surface area contributed by atoms with E-state index in [-0.39, 0.29) is 5.91 Å². The number of rotatable bonds is 9. The summed E-state index contributed by atoms with van der Waals surface area (Å²) < 4.78 is 10.4. The van der Waals surface area contributed by atoms with E-state index >= 15 is 0 Å². The number of methoxy groups -OCH3 is 2. The van der Waals surface area contributed by atoms with Crippen molar-refractivity contribution in [3.05, 3.63) is 71.0 Å². The summed E-state index contributed by atoms with van der Waals surface area (Å²) in [6.45, 7) is 2.10. The van der Waals surface area contributed by atoms with Gasteiger partial charge in [-0.2, -0.15) is 5.10 Å². The van der Waals surface area contributed by atoms with E-state index in [0.29, 0.717) is 5.56 Å². The molecule has 3 aromatic rings. The van der Waals surface area contributed by atoms with E-state index in [0.717, 1.165) is 54.3 Å². The van der Waals surface area contributed by atoms with E-state index in [1.165, 1.54) is 5.56 Å². The molecule has 1 aromatic heterocycles. The van der Waals surface area contributed by atoms with Gasteiger partial charge in [-0.3, -0.25) is 9.89 Å². The lowest BCUT2D eigenvalue weighted by atomic mass is 10.1. The number of nitrogens with zero attached hydrogens (tertiary/aromatic N) is 1. The third-order valence-electron chi connectivity index (χ3n) is 4.82. The Morgan fingerprint density at radius 1 is 0.931 bits per heavy atom. The Kier molecular flexibility index (Phi) is 6.89. The van der Waals surface area contributed by atoms with E-state index in [1.54, 1.807) is 38.5 Å². The second-order valence-electron chi connectivity index (χ2n) is 6.80. The molecule has 152 valence electrons. The fourth-order valence-corrected chi connectivity index (χ4v) is 3.16. The maximum atomic E-state index is 12.8. The highest BCUT2D eigenvalue weighted by Crippen LogP contribution is 2.23. The summed E-state index contributed by atoms with van der Waals surface area (Å²) in [4.78, 5) is 12.8. The maximum Gasteiger partial charge on any atom is 0.255 e. The number of ether oxygens (including phenoxy) is 2. The molecule has 6 nitrogen and oxygen atoms in total. The topological polar surface area (TPSA) is 76.2 Å². The molecular formula is C23H27N3O3. The predicted octanol–water partition coefficient (Wildman–Crippen LogP) is 4.42. The minimum absolute atomic E-state index is 0.155. The van der Waals surface area contributed by atoms with Gasteiger partial charge in [0.05, 0.1) is 31.3 Å². The summed E-state index contributed by atoms with van der Waals surface area (Å²) >= 11 is 0. The molecule has 0 aliphatic carbocycles. The van der Waals surface area contributed by atoms with E-state index in [1.807, 2.05) is 24.3 Å². The van der Waals surface area contributed by atoms with Gasteiger partial charge in [-0.05, 0) is 61.2 Å². The van der Waals surface area contributed by atoms with Crippen LogP contribution in [0.3, 0.4) is 0 Å². The van der Waals surface area contributed by atoms with Crippen molar-refractivity contribution < 1.29 is 14.3 Å². The minimum Gasteiger partial charge on any atom is -0.497 e. The fraction of sp³-hybridized carbons (Fsp3) is 0.304. The minimum atomic E-state index is -0.155. The van der Waals surface area contributed by atoms with Gasteiger partial charge in [0, 0.05) is 5.56 Å². The number of aromatic nitrogens is 2. The molecule has 2 N–H and O–H groups in total. The van der Waals surface area contributed by atoms with Crippen molar-refractivity contribution in [2.75, 3.05) is 19.5 Å². The van der Waals surface area contributed by atoms with Crippen LogP contribution in [-0.4, -0.2) is 30.3 Å². The largest absolute Gasteiger partial charge is 0.497 e. The molecule has 2 aromatic carbocycles. The van der Waals surface area contributed by atoms with Gasteiger partial charge in [0.25, 0.3) is 5.91 Å². The number of anilines is 1. The van der Waals surface area contributed by atoms with Crippen molar-refractivity contribution in [1.29, 1.82) is 0 Å². The summed E-state index contributed by atoms with van der Waals surface area (Å²) in [5.41, 5.74) is 4.39. The lowest BCUT2D eigenvalue weighted by molar-refractivity contribution is 0.102. The monoisotopic (exact) mass is 393 g/mol. The van der Waals surface area contributed by atoms with Gasteiger partial charge >= 0.3 is 0 Å². The molecule has 6 heteroatoms. The highest BCUT2D eigenvalue weighted by molar-refractivity contribution is 6.05. The van der Waals surface area contributed by atoms with Crippen LogP contribution < -0.4 is 14.8 Å². The Bertz CT molecular complexity index is 931. The average Bonchev–Trinajstić information content (AvgIpc) is 3.14. The van der Waals surface area contributed by atoms with Crippen molar-refractivity contribution in [3.63, 3.8) is 0 Å². The SMILES string of the molecule is CCCc1[nH]nc(CCc2ccc(OC)cc2)c1NC(=O)c1ccc(OC)cc1. The molecule has 29 heavy (non-hydrogen) atoms. The molecule has 0 bridgehead atoms. The van der Waals surface area contributed by atoms with E-state index < -0.39 is 0 Å². The third-order valence-corrected chi connectivity index (χ3v) is 4.82. The van der Waals surface area contributed by atoms with Gasteiger partial charge < -0.3 is 14.8 Å². The molecule has 0 fully saturated rings. The molecule has 0 aliphatic rings. The number of hydrogen-bond donors (Lipinski definition) is 2. The first-order valence-electron chi connectivity index (χ1n) is 9.79. The normalized spacial score (nSPS) is 10.6. The number of aryl methyl sites for hydroxylation is 3. The van der Waals surface area contributed by atoms with Gasteiger partial charge in [-0.1, -0.05) is 25.5 Å². The van der Waals surface area contributed by atoms with Crippen molar-refractivity contribution in [2.24, 2.45) is 0 Å². The molecule has 0 saturated heterocycles. The Morgan fingerprint density at radius 2 is 1.55 bits per heavy atom. The number of H-pyrrole nitrogens is 1. The van der Waals surface area contributed by atoms with Gasteiger partial charge in [0.2, 0.25) is 0 Å². The molecule has 1 heterocycles. The quantitative estimate of drug-likeness (QED) is 0.564. The van der Waals surface area contributed by atoms with Crippen LogP contribution in [0.1, 0.15) is 40.7 Å². The second kappa shape index (κ2) is 9.78. The van der Waals surface area contributed by atoms with Crippen LogP contribution >= 0.6 is 0 Å². The predicted molar refractivity (Wildman–Crippen MR) is 114 cm³/mol. The number of carbonyl (C=O) groups is 1. The van der Waals surface area contributed by atoms with Crippen molar-refractivity contribution in [2.45, 2.75) is 32.6 Å². The first kappa shape index (κ1) is 20.5. The van der Waals surface area contributed by atoms with E-state index in [9.17, 15) is 4.79 Å². The zero-order valence-corrected chi connectivity index (χ0v) is 17.1. The second-order valence-corrected chi connectivity index (χ2v) is 6.80. The first-order chi connectivity index (χ1) is 14.1. The zero-order chi connectivity index (χ0) is 20.6. The molecular weight excluding hydrogens is 366 g/mol. The van der Waals surface area contributed by atoms with Crippen LogP contribution in [-0.2, 0) is 19.3 Å². The van der Waals surface area contributed by atoms with Crippen molar-refractivity contribution in [1.82, 2.24) is 10.2 Å². The highest BCUT2D eigenvalue weighted by Gasteiger charge is 2.16. The van der Waals surface area contributed by atoms with Crippen LogP contribution in [0.5, 0.6) is 11.5 Å². The third kappa shape index (κ3) is 5.16. The lowest BCUT2D eigenvalue weighted by Crippen LogP contribution is -2.14. The number of nitrogens with one attached hydrogen (secondary N) is 2. The number of aromatic amines is 1. The van der Waals surface area contributed by atoms with Gasteiger partial charge in [0.15, 0.2) is 0 Å². The number of benzene rings is 2. The molecule has 3 rings (SSSR count). The van der Waals surface area contributed by atoms with Crippen LogP contribution in [0.2, 0.25) is 0 Å². The zero-order valence-electron chi connectivity index (χ0n) is 17.1. The van der Waals surface area contributed by atoms with Crippen LogP contribution in [0, 0.1) is 0 Å². The van der Waals surface area contributed by atoms with Crippen LogP contribution in [0.25, 0.3) is 0 Å². The fourth-order valence-electron chi connectivity index (χ4n) is 3.16. The Labute approximate surface area is 171 Å². The first-order valence-corrected chi connectivity index (χ1v) is 9.79. The highest BCUT2D eigenvalue weighted by atomic mass is 16.5. The molecule has 0 saturated carbocycles. The summed E-state index contributed by atoms with van der Waals surface area (Å²) in [7, 11) is 3.26. The van der Waals surface area contributed by atoms with Crippen molar-refractivity contribution >= 4 is 11.6 Å². The summed E-state index contributed by atoms with van der Waals surface area (Å²) in [5.74, 6) is 1.40. The van der Waals surface area contributed by atoms with Gasteiger partial charge in [-0.15, -0.1) is 0 Å². The maximum absolute atomic E-state index is 12.8. The Balaban J connectivity index is 1.74. The smallest absolute Gasteiger partial charge is 0.255 e. The Hall–Kier alpha value is -3.28. The summed E-state index contributed by atoms with van der Waals surface area (Å²) in [6.07, 6.45) is 3.34. The van der Waals surface area contributed by atoms with Gasteiger partial charge in [-0.25, -0.2) is 0 Å². The molecule has 0 spiro atoms. The summed E-state index contributed by atoms with van der Waals surface area (Å²) in [6, 6.07) is 15.1. The molecule has 0 radical (unpaired) electrons. The molecule has 0 atom stereocenters. The average molecular weight is 393 g/mol. The number of hydrogen-bond acceptors (Lipinski definition) is 4. The molecule has 0 unspecified atom stereocenters. The van der Waals surface area contributed by atoms with Crippen LogP contribution in [0.15, 0.2) is 48.5 Å². The molecule has 0 aliphatic heterocycles. The summed E-state index contributed by atoms with van der Waals surface area (Å²) in [5, 5.41) is 10.6. The number of carbonyl (C=O) groups excluding carboxylic acids is 1.